The van der Waals surface area contributed by atoms with E-state index >= 15 is 0 Å². The number of ether oxygens (including phenoxy) is 1. The van der Waals surface area contributed by atoms with Crippen molar-refractivity contribution in [3.8, 4) is 0 Å². The van der Waals surface area contributed by atoms with Crippen molar-refractivity contribution in [2.24, 2.45) is 0 Å². The monoisotopic (exact) mass is 297 g/mol. The third kappa shape index (κ3) is 2.63. The lowest BCUT2D eigenvalue weighted by molar-refractivity contribution is -0.127. The van der Waals surface area contributed by atoms with E-state index < -0.39 is 6.10 Å². The molecule has 4 heteroatoms. The molecule has 0 bridgehead atoms. The van der Waals surface area contributed by atoms with Crippen LogP contribution in [-0.2, 0) is 16.0 Å². The largest absolute Gasteiger partial charge is 0.383 e. The molecule has 0 unspecified atom stereocenters. The predicted octanol–water partition coefficient (Wildman–Crippen LogP) is 2.32. The first-order valence-corrected chi connectivity index (χ1v) is 7.35. The van der Waals surface area contributed by atoms with Crippen LogP contribution in [0.2, 0.25) is 0 Å². The Kier molecular flexibility index (Phi) is 4.22. The average Bonchev–Trinajstić information content (AvgIpc) is 2.92. The zero-order valence-corrected chi connectivity index (χ0v) is 12.5. The molecule has 2 atom stereocenters. The number of carbonyl (C=O) groups excluding carboxylic acids is 1. The van der Waals surface area contributed by atoms with Crippen LogP contribution in [0.25, 0.3) is 0 Å². The van der Waals surface area contributed by atoms with Gasteiger partial charge in [-0.05, 0) is 23.6 Å². The van der Waals surface area contributed by atoms with Crippen LogP contribution >= 0.6 is 0 Å². The van der Waals surface area contributed by atoms with Crippen LogP contribution in [0.3, 0.4) is 0 Å². The van der Waals surface area contributed by atoms with E-state index in [9.17, 15) is 9.90 Å². The first-order chi connectivity index (χ1) is 10.7. The van der Waals surface area contributed by atoms with Gasteiger partial charge in [0.1, 0.15) is 0 Å². The van der Waals surface area contributed by atoms with Crippen molar-refractivity contribution in [3.05, 3.63) is 65.7 Å². The van der Waals surface area contributed by atoms with E-state index in [0.29, 0.717) is 12.2 Å². The standard InChI is InChI=1S/C18H19NO3/c1-22-12-15-11-14-9-5-6-10-16(14)19(15)18(21)17(20)13-7-3-2-4-8-13/h2-10,15,17,20H,11-12H2,1H3/t15-,17+/m0/s1. The Morgan fingerprint density at radius 3 is 2.64 bits per heavy atom. The quantitative estimate of drug-likeness (QED) is 0.942. The SMILES string of the molecule is COC[C@@H]1Cc2ccccc2N1C(=O)[C@H](O)c1ccccc1. The van der Waals surface area contributed by atoms with E-state index in [1.165, 1.54) is 0 Å². The summed E-state index contributed by atoms with van der Waals surface area (Å²) < 4.78 is 5.25. The normalized spacial score (nSPS) is 18.1. The van der Waals surface area contributed by atoms with Gasteiger partial charge in [0.25, 0.3) is 5.91 Å². The smallest absolute Gasteiger partial charge is 0.260 e. The molecule has 1 amide bonds. The number of carbonyl (C=O) groups is 1. The first kappa shape index (κ1) is 14.8. The van der Waals surface area contributed by atoms with Crippen molar-refractivity contribution in [2.45, 2.75) is 18.6 Å². The second-order valence-electron chi connectivity index (χ2n) is 5.46. The fourth-order valence-electron chi connectivity index (χ4n) is 2.99. The number of anilines is 1. The molecule has 22 heavy (non-hydrogen) atoms. The maximum atomic E-state index is 12.8. The van der Waals surface area contributed by atoms with Gasteiger partial charge < -0.3 is 14.7 Å². The zero-order chi connectivity index (χ0) is 15.5. The molecule has 0 saturated heterocycles. The van der Waals surface area contributed by atoms with E-state index in [2.05, 4.69) is 0 Å². The van der Waals surface area contributed by atoms with E-state index in [1.54, 1.807) is 24.1 Å². The lowest BCUT2D eigenvalue weighted by Crippen LogP contribution is -2.43. The molecule has 3 rings (SSSR count). The molecule has 0 fully saturated rings. The second-order valence-corrected chi connectivity index (χ2v) is 5.46. The Labute approximate surface area is 130 Å². The maximum absolute atomic E-state index is 12.8. The van der Waals surface area contributed by atoms with Crippen molar-refractivity contribution in [3.63, 3.8) is 0 Å². The molecule has 1 aliphatic rings. The van der Waals surface area contributed by atoms with Crippen molar-refractivity contribution < 1.29 is 14.6 Å². The van der Waals surface area contributed by atoms with Crippen LogP contribution in [0.15, 0.2) is 54.6 Å². The summed E-state index contributed by atoms with van der Waals surface area (Å²) in [5.74, 6) is -0.307. The molecule has 4 nitrogen and oxygen atoms in total. The van der Waals surface area contributed by atoms with Crippen LogP contribution in [0.5, 0.6) is 0 Å². The van der Waals surface area contributed by atoms with Crippen LogP contribution in [0.1, 0.15) is 17.2 Å². The highest BCUT2D eigenvalue weighted by atomic mass is 16.5. The molecule has 1 heterocycles. The highest BCUT2D eigenvalue weighted by molar-refractivity contribution is 5.99. The summed E-state index contributed by atoms with van der Waals surface area (Å²) in [7, 11) is 1.62. The van der Waals surface area contributed by atoms with Crippen molar-refractivity contribution in [1.82, 2.24) is 0 Å². The molecular weight excluding hydrogens is 278 g/mol. The maximum Gasteiger partial charge on any atom is 0.260 e. The number of benzene rings is 2. The molecule has 114 valence electrons. The molecule has 2 aromatic rings. The molecule has 0 radical (unpaired) electrons. The number of fused-ring (bicyclic) bond motifs is 1. The second kappa shape index (κ2) is 6.30. The molecular formula is C18H19NO3. The average molecular weight is 297 g/mol. The number of hydrogen-bond donors (Lipinski definition) is 1. The first-order valence-electron chi connectivity index (χ1n) is 7.35. The topological polar surface area (TPSA) is 49.8 Å². The molecule has 1 N–H and O–H groups in total. The summed E-state index contributed by atoms with van der Waals surface area (Å²) in [5.41, 5.74) is 2.58. The summed E-state index contributed by atoms with van der Waals surface area (Å²) in [6.07, 6.45) is -0.413. The Morgan fingerprint density at radius 2 is 1.91 bits per heavy atom. The van der Waals surface area contributed by atoms with Gasteiger partial charge in [-0.25, -0.2) is 0 Å². The zero-order valence-electron chi connectivity index (χ0n) is 12.5. The Bertz CT molecular complexity index is 656. The van der Waals surface area contributed by atoms with E-state index in [0.717, 1.165) is 17.7 Å². The van der Waals surface area contributed by atoms with Crippen LogP contribution < -0.4 is 4.90 Å². The molecule has 0 saturated carbocycles. The predicted molar refractivity (Wildman–Crippen MR) is 84.7 cm³/mol. The number of rotatable bonds is 4. The highest BCUT2D eigenvalue weighted by Crippen LogP contribution is 2.34. The van der Waals surface area contributed by atoms with E-state index in [1.807, 2.05) is 42.5 Å². The van der Waals surface area contributed by atoms with Crippen LogP contribution in [0.4, 0.5) is 5.69 Å². The molecule has 0 aromatic heterocycles. The molecule has 1 aliphatic heterocycles. The number of methoxy groups -OCH3 is 1. The van der Waals surface area contributed by atoms with Crippen molar-refractivity contribution >= 4 is 11.6 Å². The van der Waals surface area contributed by atoms with Gasteiger partial charge in [0.15, 0.2) is 6.10 Å². The summed E-state index contributed by atoms with van der Waals surface area (Å²) in [6, 6.07) is 16.7. The lowest BCUT2D eigenvalue weighted by atomic mass is 10.1. The number of nitrogens with zero attached hydrogens (tertiary/aromatic N) is 1. The number of aliphatic hydroxyl groups excluding tert-OH is 1. The summed E-state index contributed by atoms with van der Waals surface area (Å²) >= 11 is 0. The van der Waals surface area contributed by atoms with Crippen LogP contribution in [-0.4, -0.2) is 30.8 Å². The number of hydrogen-bond acceptors (Lipinski definition) is 3. The minimum absolute atomic E-state index is 0.0757. The van der Waals surface area contributed by atoms with Gasteiger partial charge in [-0.2, -0.15) is 0 Å². The van der Waals surface area contributed by atoms with Crippen LogP contribution in [0, 0.1) is 0 Å². The third-order valence-corrected chi connectivity index (χ3v) is 4.02. The van der Waals surface area contributed by atoms with Gasteiger partial charge in [0.05, 0.1) is 12.6 Å². The number of amides is 1. The minimum atomic E-state index is -1.16. The Morgan fingerprint density at radius 1 is 1.23 bits per heavy atom. The highest BCUT2D eigenvalue weighted by Gasteiger charge is 2.36. The van der Waals surface area contributed by atoms with Crippen molar-refractivity contribution in [2.75, 3.05) is 18.6 Å². The van der Waals surface area contributed by atoms with Gasteiger partial charge >= 0.3 is 0 Å². The van der Waals surface area contributed by atoms with Gasteiger partial charge in [-0.15, -0.1) is 0 Å². The molecule has 0 aliphatic carbocycles. The van der Waals surface area contributed by atoms with Gasteiger partial charge in [-0.1, -0.05) is 48.5 Å². The van der Waals surface area contributed by atoms with E-state index in [4.69, 9.17) is 4.74 Å². The van der Waals surface area contributed by atoms with E-state index in [-0.39, 0.29) is 11.9 Å². The van der Waals surface area contributed by atoms with Crippen molar-refractivity contribution in [1.29, 1.82) is 0 Å². The summed E-state index contributed by atoms with van der Waals surface area (Å²) in [5, 5.41) is 10.4. The summed E-state index contributed by atoms with van der Waals surface area (Å²) in [6.45, 7) is 0.446. The molecule has 2 aromatic carbocycles. The fourth-order valence-corrected chi connectivity index (χ4v) is 2.99. The Balaban J connectivity index is 1.92. The fraction of sp³-hybridized carbons (Fsp3) is 0.278. The number of aliphatic hydroxyl groups is 1. The minimum Gasteiger partial charge on any atom is -0.383 e. The molecule has 0 spiro atoms. The van der Waals surface area contributed by atoms with Gasteiger partial charge in [0.2, 0.25) is 0 Å². The van der Waals surface area contributed by atoms with Gasteiger partial charge in [0, 0.05) is 12.8 Å². The number of para-hydroxylation sites is 1. The third-order valence-electron chi connectivity index (χ3n) is 4.02. The Hall–Kier alpha value is -2.17. The lowest BCUT2D eigenvalue weighted by Gasteiger charge is -2.27. The van der Waals surface area contributed by atoms with Gasteiger partial charge in [-0.3, -0.25) is 4.79 Å². The summed E-state index contributed by atoms with van der Waals surface area (Å²) in [4.78, 5) is 14.5.